The van der Waals surface area contributed by atoms with Crippen molar-refractivity contribution in [2.24, 2.45) is 0 Å². The number of carbonyl (C=O) groups is 1. The van der Waals surface area contributed by atoms with Crippen LogP contribution < -0.4 is 14.8 Å². The molecule has 28 heavy (non-hydrogen) atoms. The van der Waals surface area contributed by atoms with E-state index in [1.54, 1.807) is 6.92 Å². The minimum absolute atomic E-state index is 0.199. The number of hydrogen-bond acceptors (Lipinski definition) is 3. The highest BCUT2D eigenvalue weighted by molar-refractivity contribution is 5.94. The highest BCUT2D eigenvalue weighted by atomic mass is 16.5. The molecule has 3 rings (SSSR count). The van der Waals surface area contributed by atoms with Crippen molar-refractivity contribution in [1.29, 1.82) is 0 Å². The van der Waals surface area contributed by atoms with Crippen molar-refractivity contribution >= 4 is 11.6 Å². The minimum Gasteiger partial charge on any atom is -0.481 e. The van der Waals surface area contributed by atoms with Gasteiger partial charge in [-0.05, 0) is 86.8 Å². The topological polar surface area (TPSA) is 47.6 Å². The van der Waals surface area contributed by atoms with E-state index >= 15 is 0 Å². The van der Waals surface area contributed by atoms with Gasteiger partial charge in [-0.1, -0.05) is 24.3 Å². The first-order valence-corrected chi connectivity index (χ1v) is 9.30. The van der Waals surface area contributed by atoms with E-state index in [0.29, 0.717) is 11.4 Å². The first kappa shape index (κ1) is 19.5. The maximum absolute atomic E-state index is 12.5. The van der Waals surface area contributed by atoms with Crippen LogP contribution in [0.25, 0.3) is 0 Å². The van der Waals surface area contributed by atoms with Crippen molar-refractivity contribution in [1.82, 2.24) is 0 Å². The summed E-state index contributed by atoms with van der Waals surface area (Å²) in [5, 5.41) is 2.88. The van der Waals surface area contributed by atoms with Crippen LogP contribution in [0, 0.1) is 20.8 Å². The highest BCUT2D eigenvalue weighted by Crippen LogP contribution is 2.25. The number of aryl methyl sites for hydroxylation is 2. The Labute approximate surface area is 166 Å². The van der Waals surface area contributed by atoms with E-state index in [1.807, 2.05) is 81.4 Å². The van der Waals surface area contributed by atoms with Gasteiger partial charge in [0.15, 0.2) is 6.10 Å². The Morgan fingerprint density at radius 1 is 0.893 bits per heavy atom. The van der Waals surface area contributed by atoms with Crippen molar-refractivity contribution in [3.63, 3.8) is 0 Å². The number of carbonyl (C=O) groups excluding carboxylic acids is 1. The Morgan fingerprint density at radius 3 is 2.21 bits per heavy atom. The Balaban J connectivity index is 1.61. The van der Waals surface area contributed by atoms with Gasteiger partial charge in [0.25, 0.3) is 5.91 Å². The molecule has 0 aromatic heterocycles. The Kier molecular flexibility index (Phi) is 5.99. The number of para-hydroxylation sites is 1. The molecule has 0 aliphatic carbocycles. The highest BCUT2D eigenvalue weighted by Gasteiger charge is 2.17. The van der Waals surface area contributed by atoms with E-state index in [1.165, 1.54) is 0 Å². The van der Waals surface area contributed by atoms with Gasteiger partial charge < -0.3 is 14.8 Å². The summed E-state index contributed by atoms with van der Waals surface area (Å²) >= 11 is 0. The zero-order valence-electron chi connectivity index (χ0n) is 16.7. The number of amides is 1. The van der Waals surface area contributed by atoms with Crippen LogP contribution in [0.3, 0.4) is 0 Å². The van der Waals surface area contributed by atoms with E-state index < -0.39 is 6.10 Å². The van der Waals surface area contributed by atoms with Crippen LogP contribution in [0.4, 0.5) is 5.69 Å². The number of anilines is 1. The van der Waals surface area contributed by atoms with E-state index in [-0.39, 0.29) is 5.91 Å². The fourth-order valence-electron chi connectivity index (χ4n) is 2.84. The maximum atomic E-state index is 12.5. The summed E-state index contributed by atoms with van der Waals surface area (Å²) in [5.74, 6) is 2.02. The second-order valence-electron chi connectivity index (χ2n) is 6.89. The normalized spacial score (nSPS) is 11.6. The first-order chi connectivity index (χ1) is 13.4. The predicted molar refractivity (Wildman–Crippen MR) is 112 cm³/mol. The lowest BCUT2D eigenvalue weighted by Gasteiger charge is -2.18. The minimum atomic E-state index is -0.611. The zero-order chi connectivity index (χ0) is 20.1. The van der Waals surface area contributed by atoms with Crippen LogP contribution in [0.1, 0.15) is 23.6 Å². The lowest BCUT2D eigenvalue weighted by atomic mass is 10.1. The maximum Gasteiger partial charge on any atom is 0.265 e. The van der Waals surface area contributed by atoms with Gasteiger partial charge in [0.2, 0.25) is 0 Å². The Morgan fingerprint density at radius 2 is 1.54 bits per heavy atom. The molecule has 0 unspecified atom stereocenters. The molecule has 1 amide bonds. The lowest BCUT2D eigenvalue weighted by Crippen LogP contribution is -2.30. The quantitative estimate of drug-likeness (QED) is 0.591. The molecule has 0 radical (unpaired) electrons. The molecule has 4 nitrogen and oxygen atoms in total. The fourth-order valence-corrected chi connectivity index (χ4v) is 2.84. The van der Waals surface area contributed by atoms with Gasteiger partial charge in [-0.25, -0.2) is 0 Å². The third-order valence-corrected chi connectivity index (χ3v) is 4.54. The molecule has 4 heteroatoms. The van der Waals surface area contributed by atoms with Gasteiger partial charge in [0.05, 0.1) is 0 Å². The second kappa shape index (κ2) is 8.61. The molecular weight excluding hydrogens is 350 g/mol. The van der Waals surface area contributed by atoms with Gasteiger partial charge in [-0.2, -0.15) is 0 Å². The largest absolute Gasteiger partial charge is 0.481 e. The summed E-state index contributed by atoms with van der Waals surface area (Å²) in [6, 6.07) is 20.9. The number of hydrogen-bond donors (Lipinski definition) is 1. The van der Waals surface area contributed by atoms with Gasteiger partial charge in [0.1, 0.15) is 17.2 Å². The summed E-state index contributed by atoms with van der Waals surface area (Å²) in [6.07, 6.45) is -0.611. The molecule has 0 saturated carbocycles. The van der Waals surface area contributed by atoms with Crippen molar-refractivity contribution in [3.8, 4) is 17.2 Å². The number of ether oxygens (including phenoxy) is 2. The molecule has 144 valence electrons. The molecule has 0 aliphatic heterocycles. The van der Waals surface area contributed by atoms with Gasteiger partial charge in [0, 0.05) is 5.69 Å². The van der Waals surface area contributed by atoms with Crippen molar-refractivity contribution in [3.05, 3.63) is 83.4 Å². The van der Waals surface area contributed by atoms with E-state index in [9.17, 15) is 4.79 Å². The average molecular weight is 375 g/mol. The van der Waals surface area contributed by atoms with Gasteiger partial charge in [-0.15, -0.1) is 0 Å². The number of benzene rings is 3. The van der Waals surface area contributed by atoms with E-state index in [0.717, 1.165) is 28.2 Å². The van der Waals surface area contributed by atoms with E-state index in [4.69, 9.17) is 9.47 Å². The van der Waals surface area contributed by atoms with Crippen molar-refractivity contribution in [2.45, 2.75) is 33.8 Å². The summed E-state index contributed by atoms with van der Waals surface area (Å²) in [5.41, 5.74) is 4.00. The van der Waals surface area contributed by atoms with Crippen LogP contribution in [-0.4, -0.2) is 12.0 Å². The lowest BCUT2D eigenvalue weighted by molar-refractivity contribution is -0.122. The summed E-state index contributed by atoms with van der Waals surface area (Å²) in [6.45, 7) is 7.81. The van der Waals surface area contributed by atoms with Crippen LogP contribution in [0.5, 0.6) is 17.2 Å². The van der Waals surface area contributed by atoms with Crippen LogP contribution >= 0.6 is 0 Å². The molecule has 0 bridgehead atoms. The van der Waals surface area contributed by atoms with Crippen LogP contribution in [-0.2, 0) is 4.79 Å². The Hall–Kier alpha value is -3.27. The number of nitrogens with one attached hydrogen (secondary N) is 1. The summed E-state index contributed by atoms with van der Waals surface area (Å²) in [4.78, 5) is 12.5. The van der Waals surface area contributed by atoms with Gasteiger partial charge >= 0.3 is 0 Å². The fraction of sp³-hybridized carbons (Fsp3) is 0.208. The van der Waals surface area contributed by atoms with Crippen LogP contribution in [0.2, 0.25) is 0 Å². The molecule has 0 fully saturated rings. The third kappa shape index (κ3) is 4.92. The van der Waals surface area contributed by atoms with E-state index in [2.05, 4.69) is 11.4 Å². The molecule has 1 N–H and O–H groups in total. The molecule has 0 spiro atoms. The number of rotatable bonds is 6. The molecule has 1 atom stereocenters. The molecule has 3 aromatic rings. The SMILES string of the molecule is Cc1cc(C)c(C)c(O[C@@H](C)C(=O)Nc2ccc(Oc3ccccc3)cc2)c1. The van der Waals surface area contributed by atoms with Crippen LogP contribution in [0.15, 0.2) is 66.7 Å². The van der Waals surface area contributed by atoms with Gasteiger partial charge in [-0.3, -0.25) is 4.79 Å². The molecule has 0 heterocycles. The van der Waals surface area contributed by atoms with Crippen molar-refractivity contribution < 1.29 is 14.3 Å². The first-order valence-electron chi connectivity index (χ1n) is 9.30. The van der Waals surface area contributed by atoms with Crippen molar-refractivity contribution in [2.75, 3.05) is 5.32 Å². The molecular formula is C24H25NO3. The smallest absolute Gasteiger partial charge is 0.265 e. The molecule has 3 aromatic carbocycles. The zero-order valence-corrected chi connectivity index (χ0v) is 16.7. The predicted octanol–water partition coefficient (Wildman–Crippen LogP) is 5.81. The Bertz CT molecular complexity index is 950. The average Bonchev–Trinajstić information content (AvgIpc) is 2.68. The summed E-state index contributed by atoms with van der Waals surface area (Å²) < 4.78 is 11.7. The second-order valence-corrected chi connectivity index (χ2v) is 6.89. The standard InChI is InChI=1S/C24H25NO3/c1-16-14-17(2)18(3)23(15-16)27-19(4)24(26)25-20-10-12-22(13-11-20)28-21-8-6-5-7-9-21/h5-15,19H,1-4H3,(H,25,26)/t19-/m0/s1. The molecule has 0 saturated heterocycles. The molecule has 0 aliphatic rings. The monoisotopic (exact) mass is 375 g/mol. The third-order valence-electron chi connectivity index (χ3n) is 4.54. The summed E-state index contributed by atoms with van der Waals surface area (Å²) in [7, 11) is 0.